The van der Waals surface area contributed by atoms with Crippen molar-refractivity contribution in [3.63, 3.8) is 0 Å². The first-order chi connectivity index (χ1) is 10.0. The van der Waals surface area contributed by atoms with Gasteiger partial charge in [-0.3, -0.25) is 0 Å². The maximum absolute atomic E-state index is 13.2. The number of rotatable bonds is 1. The Morgan fingerprint density at radius 1 is 1.14 bits per heavy atom. The van der Waals surface area contributed by atoms with E-state index in [1.807, 2.05) is 0 Å². The number of hydrogen-bond acceptors (Lipinski definition) is 4. The van der Waals surface area contributed by atoms with Crippen molar-refractivity contribution >= 4 is 22.9 Å². The Morgan fingerprint density at radius 2 is 1.95 bits per heavy atom. The van der Waals surface area contributed by atoms with Crippen LogP contribution < -0.4 is 15.8 Å². The molecule has 6 heteroatoms. The quantitative estimate of drug-likeness (QED) is 0.790. The Bertz CT molecular complexity index is 731. The third-order valence-corrected chi connectivity index (χ3v) is 3.11. The van der Waals surface area contributed by atoms with Crippen LogP contribution in [0.3, 0.4) is 0 Å². The number of nitrogens with two attached hydrogens (primary N) is 1. The highest BCUT2D eigenvalue weighted by Crippen LogP contribution is 2.34. The molecule has 0 spiro atoms. The van der Waals surface area contributed by atoms with Gasteiger partial charge in [-0.1, -0.05) is 0 Å². The summed E-state index contributed by atoms with van der Waals surface area (Å²) in [5, 5.41) is 2.94. The zero-order chi connectivity index (χ0) is 15.0. The first-order valence-corrected chi connectivity index (χ1v) is 6.40. The van der Waals surface area contributed by atoms with Crippen molar-refractivity contribution in [3.05, 3.63) is 48.0 Å². The number of nitrogen functional groups attached to an aromatic ring is 1. The second-order valence-electron chi connectivity index (χ2n) is 4.74. The van der Waals surface area contributed by atoms with E-state index in [9.17, 15) is 8.78 Å². The zero-order valence-electron chi connectivity index (χ0n) is 11.2. The van der Waals surface area contributed by atoms with Gasteiger partial charge in [0.15, 0.2) is 17.7 Å². The standard InChI is InChI=1S/C15H13F2N3O/c1-8-15(19-10-3-4-11(16)12(17)7-10)20-13-5-2-9(18)6-14(13)21-8/h2-8H,18H2,1H3,(H,19,20). The fourth-order valence-electron chi connectivity index (χ4n) is 2.04. The summed E-state index contributed by atoms with van der Waals surface area (Å²) < 4.78 is 31.8. The minimum absolute atomic E-state index is 0.354. The van der Waals surface area contributed by atoms with Gasteiger partial charge in [0.2, 0.25) is 0 Å². The smallest absolute Gasteiger partial charge is 0.160 e. The van der Waals surface area contributed by atoms with Crippen LogP contribution in [-0.4, -0.2) is 11.9 Å². The topological polar surface area (TPSA) is 59.6 Å². The highest BCUT2D eigenvalue weighted by molar-refractivity contribution is 6.01. The van der Waals surface area contributed by atoms with Crippen molar-refractivity contribution in [2.24, 2.45) is 4.99 Å². The Hall–Kier alpha value is -2.63. The summed E-state index contributed by atoms with van der Waals surface area (Å²) >= 11 is 0. The number of nitrogens with zero attached hydrogens (tertiary/aromatic N) is 1. The highest BCUT2D eigenvalue weighted by Gasteiger charge is 2.21. The van der Waals surface area contributed by atoms with Gasteiger partial charge in [-0.2, -0.15) is 0 Å². The van der Waals surface area contributed by atoms with Gasteiger partial charge in [0.1, 0.15) is 17.3 Å². The fourth-order valence-corrected chi connectivity index (χ4v) is 2.04. The number of halogens is 2. The number of fused-ring (bicyclic) bond motifs is 1. The van der Waals surface area contributed by atoms with Crippen molar-refractivity contribution in [2.45, 2.75) is 13.0 Å². The average Bonchev–Trinajstić information content (AvgIpc) is 2.44. The van der Waals surface area contributed by atoms with Crippen LogP contribution in [0.15, 0.2) is 41.4 Å². The molecule has 2 aromatic rings. The highest BCUT2D eigenvalue weighted by atomic mass is 19.2. The van der Waals surface area contributed by atoms with E-state index in [1.54, 1.807) is 25.1 Å². The predicted octanol–water partition coefficient (Wildman–Crippen LogP) is 3.47. The van der Waals surface area contributed by atoms with Gasteiger partial charge in [-0.05, 0) is 31.2 Å². The van der Waals surface area contributed by atoms with Gasteiger partial charge in [0, 0.05) is 23.5 Å². The summed E-state index contributed by atoms with van der Waals surface area (Å²) in [6.45, 7) is 1.80. The molecule has 1 unspecified atom stereocenters. The first-order valence-electron chi connectivity index (χ1n) is 6.40. The van der Waals surface area contributed by atoms with Gasteiger partial charge < -0.3 is 15.8 Å². The molecule has 0 radical (unpaired) electrons. The SMILES string of the molecule is CC1Oc2cc(N)ccc2N=C1Nc1ccc(F)c(F)c1. The summed E-state index contributed by atoms with van der Waals surface area (Å²) in [6, 6.07) is 8.72. The van der Waals surface area contributed by atoms with Crippen LogP contribution in [0.1, 0.15) is 6.92 Å². The van der Waals surface area contributed by atoms with E-state index in [0.717, 1.165) is 12.1 Å². The van der Waals surface area contributed by atoms with E-state index in [-0.39, 0.29) is 6.10 Å². The molecule has 1 heterocycles. The first kappa shape index (κ1) is 13.4. The summed E-state index contributed by atoms with van der Waals surface area (Å²) in [7, 11) is 0. The van der Waals surface area contributed by atoms with Crippen molar-refractivity contribution in [3.8, 4) is 5.75 Å². The lowest BCUT2D eigenvalue weighted by atomic mass is 10.2. The molecule has 0 amide bonds. The van der Waals surface area contributed by atoms with E-state index in [1.165, 1.54) is 6.07 Å². The van der Waals surface area contributed by atoms with E-state index in [4.69, 9.17) is 10.5 Å². The molecule has 0 aliphatic carbocycles. The molecule has 108 valence electrons. The van der Waals surface area contributed by atoms with Gasteiger partial charge in [-0.15, -0.1) is 0 Å². The van der Waals surface area contributed by atoms with Gasteiger partial charge >= 0.3 is 0 Å². The summed E-state index contributed by atoms with van der Waals surface area (Å²) in [4.78, 5) is 4.42. The molecule has 21 heavy (non-hydrogen) atoms. The maximum Gasteiger partial charge on any atom is 0.160 e. The van der Waals surface area contributed by atoms with E-state index < -0.39 is 11.6 Å². The van der Waals surface area contributed by atoms with Crippen LogP contribution in [0, 0.1) is 11.6 Å². The van der Waals surface area contributed by atoms with Gasteiger partial charge in [-0.25, -0.2) is 13.8 Å². The number of aliphatic imine (C=N–C) groups is 1. The van der Waals surface area contributed by atoms with Crippen LogP contribution in [0.5, 0.6) is 5.75 Å². The molecule has 2 aromatic carbocycles. The molecule has 0 saturated heterocycles. The monoisotopic (exact) mass is 289 g/mol. The molecule has 3 N–H and O–H groups in total. The van der Waals surface area contributed by atoms with E-state index >= 15 is 0 Å². The average molecular weight is 289 g/mol. The lowest BCUT2D eigenvalue weighted by Crippen LogP contribution is -2.32. The van der Waals surface area contributed by atoms with Crippen molar-refractivity contribution in [2.75, 3.05) is 11.1 Å². The summed E-state index contributed by atoms with van der Waals surface area (Å²) in [5.41, 5.74) is 7.32. The Balaban J connectivity index is 1.91. The summed E-state index contributed by atoms with van der Waals surface area (Å²) in [6.07, 6.45) is -0.354. The van der Waals surface area contributed by atoms with Crippen LogP contribution in [0.25, 0.3) is 0 Å². The van der Waals surface area contributed by atoms with Crippen molar-refractivity contribution in [1.29, 1.82) is 0 Å². The van der Waals surface area contributed by atoms with Crippen LogP contribution >= 0.6 is 0 Å². The molecule has 1 atom stereocenters. The maximum atomic E-state index is 13.2. The van der Waals surface area contributed by atoms with Crippen LogP contribution in [-0.2, 0) is 0 Å². The molecule has 1 aliphatic heterocycles. The second kappa shape index (κ2) is 5.05. The number of ether oxygens (including phenoxy) is 1. The van der Waals surface area contributed by atoms with Crippen LogP contribution in [0.4, 0.5) is 25.8 Å². The normalized spacial score (nSPS) is 16.7. The Morgan fingerprint density at radius 3 is 2.71 bits per heavy atom. The fraction of sp³-hybridized carbons (Fsp3) is 0.133. The van der Waals surface area contributed by atoms with E-state index in [2.05, 4.69) is 10.3 Å². The molecule has 1 aliphatic rings. The van der Waals surface area contributed by atoms with E-state index in [0.29, 0.717) is 28.6 Å². The minimum Gasteiger partial charge on any atom is -0.480 e. The van der Waals surface area contributed by atoms with Crippen molar-refractivity contribution < 1.29 is 13.5 Å². The van der Waals surface area contributed by atoms with Crippen molar-refractivity contribution in [1.82, 2.24) is 0 Å². The Kier molecular flexibility index (Phi) is 3.21. The number of nitrogens with one attached hydrogen (secondary N) is 1. The molecular formula is C15H13F2N3O. The molecule has 0 aromatic heterocycles. The van der Waals surface area contributed by atoms with Gasteiger partial charge in [0.05, 0.1) is 0 Å². The zero-order valence-corrected chi connectivity index (χ0v) is 11.2. The molecule has 4 nitrogen and oxygen atoms in total. The van der Waals surface area contributed by atoms with Crippen LogP contribution in [0.2, 0.25) is 0 Å². The largest absolute Gasteiger partial charge is 0.480 e. The van der Waals surface area contributed by atoms with Gasteiger partial charge in [0.25, 0.3) is 0 Å². The Labute approximate surface area is 120 Å². The molecule has 3 rings (SSSR count). The predicted molar refractivity (Wildman–Crippen MR) is 78.0 cm³/mol. The molecule has 0 bridgehead atoms. The molecule has 0 saturated carbocycles. The molecule has 0 fully saturated rings. The number of anilines is 2. The third kappa shape index (κ3) is 2.65. The minimum atomic E-state index is -0.918. The number of benzene rings is 2. The lowest BCUT2D eigenvalue weighted by molar-refractivity contribution is 0.283. The second-order valence-corrected chi connectivity index (χ2v) is 4.74. The summed E-state index contributed by atoms with van der Waals surface area (Å²) in [5.74, 6) is -0.703. The lowest BCUT2D eigenvalue weighted by Gasteiger charge is -2.24. The molecular weight excluding hydrogens is 276 g/mol. The third-order valence-electron chi connectivity index (χ3n) is 3.11. The number of amidine groups is 1. The number of hydrogen-bond donors (Lipinski definition) is 2.